The van der Waals surface area contributed by atoms with Crippen LogP contribution in [0.2, 0.25) is 0 Å². The summed E-state index contributed by atoms with van der Waals surface area (Å²) in [7, 11) is 0. The van der Waals surface area contributed by atoms with Gasteiger partial charge in [0.25, 0.3) is 0 Å². The lowest BCUT2D eigenvalue weighted by Gasteiger charge is -2.19. The number of nitrogens with one attached hydrogen (secondary N) is 1. The van der Waals surface area contributed by atoms with Gasteiger partial charge in [0.1, 0.15) is 5.60 Å². The van der Waals surface area contributed by atoms with E-state index in [-0.39, 0.29) is 12.4 Å². The molecule has 0 aliphatic heterocycles. The number of esters is 1. The fourth-order valence-electron chi connectivity index (χ4n) is 1.54. The second-order valence-corrected chi connectivity index (χ2v) is 7.45. The fraction of sp³-hybridized carbons (Fsp3) is 0.500. The molecule has 0 spiro atoms. The molecule has 0 aromatic heterocycles. The van der Waals surface area contributed by atoms with E-state index in [0.717, 1.165) is 0 Å². The number of benzene rings is 1. The minimum absolute atomic E-state index is 0.154. The van der Waals surface area contributed by atoms with E-state index >= 15 is 0 Å². The third-order valence-corrected chi connectivity index (χ3v) is 2.94. The molecule has 0 aliphatic carbocycles. The van der Waals surface area contributed by atoms with E-state index in [1.807, 2.05) is 0 Å². The Bertz CT molecular complexity index is 606. The van der Waals surface area contributed by atoms with Gasteiger partial charge in [-0.25, -0.2) is 9.59 Å². The van der Waals surface area contributed by atoms with Crippen molar-refractivity contribution in [3.05, 3.63) is 29.8 Å². The summed E-state index contributed by atoms with van der Waals surface area (Å²) < 4.78 is 10.1. The molecule has 6 nitrogen and oxygen atoms in total. The first-order valence-electron chi connectivity index (χ1n) is 7.69. The van der Waals surface area contributed by atoms with Gasteiger partial charge < -0.3 is 9.47 Å². The Kier molecular flexibility index (Phi) is 6.12. The highest BCUT2D eigenvalue weighted by atomic mass is 16.6. The van der Waals surface area contributed by atoms with Gasteiger partial charge in [-0.1, -0.05) is 20.8 Å². The topological polar surface area (TPSA) is 81.7 Å². The van der Waals surface area contributed by atoms with Crippen LogP contribution in [0.4, 0.5) is 10.5 Å². The Morgan fingerprint density at radius 2 is 1.50 bits per heavy atom. The number of amides is 1. The van der Waals surface area contributed by atoms with Gasteiger partial charge in [-0.15, -0.1) is 0 Å². The maximum absolute atomic E-state index is 11.9. The molecule has 1 rings (SSSR count). The summed E-state index contributed by atoms with van der Waals surface area (Å²) in [5.74, 6) is -0.740. The molecule has 6 heteroatoms. The average molecular weight is 335 g/mol. The average Bonchev–Trinajstić information content (AvgIpc) is 2.42. The quantitative estimate of drug-likeness (QED) is 0.846. The summed E-state index contributed by atoms with van der Waals surface area (Å²) in [6, 6.07) is 6.14. The van der Waals surface area contributed by atoms with Crippen molar-refractivity contribution < 1.29 is 23.9 Å². The summed E-state index contributed by atoms with van der Waals surface area (Å²) in [6.07, 6.45) is -0.575. The maximum atomic E-state index is 11.9. The zero-order valence-electron chi connectivity index (χ0n) is 15.1. The highest BCUT2D eigenvalue weighted by Crippen LogP contribution is 2.16. The summed E-state index contributed by atoms with van der Waals surface area (Å²) in [6.45, 7) is 10.3. The first-order valence-corrected chi connectivity index (χ1v) is 7.69. The number of rotatable bonds is 4. The van der Waals surface area contributed by atoms with Crippen molar-refractivity contribution in [2.45, 2.75) is 47.1 Å². The number of ether oxygens (including phenoxy) is 2. The molecule has 0 saturated carbocycles. The minimum Gasteiger partial charge on any atom is -0.454 e. The summed E-state index contributed by atoms with van der Waals surface area (Å²) in [5, 5.41) is 2.57. The lowest BCUT2D eigenvalue weighted by Crippen LogP contribution is -2.27. The van der Waals surface area contributed by atoms with Crippen LogP contribution in [0, 0.1) is 5.41 Å². The van der Waals surface area contributed by atoms with Gasteiger partial charge in [0, 0.05) is 11.1 Å². The third-order valence-electron chi connectivity index (χ3n) is 2.94. The largest absolute Gasteiger partial charge is 0.454 e. The second kappa shape index (κ2) is 7.47. The van der Waals surface area contributed by atoms with Crippen molar-refractivity contribution in [3.8, 4) is 0 Å². The zero-order valence-corrected chi connectivity index (χ0v) is 15.1. The van der Waals surface area contributed by atoms with E-state index in [4.69, 9.17) is 9.47 Å². The van der Waals surface area contributed by atoms with Gasteiger partial charge in [-0.05, 0) is 45.0 Å². The predicted octanol–water partition coefficient (Wildman–Crippen LogP) is 3.81. The number of hydrogen-bond acceptors (Lipinski definition) is 5. The van der Waals surface area contributed by atoms with Crippen molar-refractivity contribution in [3.63, 3.8) is 0 Å². The second-order valence-electron chi connectivity index (χ2n) is 7.45. The van der Waals surface area contributed by atoms with Crippen LogP contribution in [0.15, 0.2) is 24.3 Å². The highest BCUT2D eigenvalue weighted by molar-refractivity contribution is 5.93. The number of anilines is 1. The van der Waals surface area contributed by atoms with E-state index in [1.165, 1.54) is 12.1 Å². The molecule has 1 aromatic carbocycles. The van der Waals surface area contributed by atoms with Crippen LogP contribution < -0.4 is 5.32 Å². The fourth-order valence-corrected chi connectivity index (χ4v) is 1.54. The molecule has 1 amide bonds. The standard InChI is InChI=1S/C18H25NO5/c1-17(2,3)14(20)11-23-15(21)12-7-9-13(10-8-12)19-16(22)24-18(4,5)6/h7-10H,11H2,1-6H3,(H,19,22). The van der Waals surface area contributed by atoms with Crippen LogP contribution >= 0.6 is 0 Å². The lowest BCUT2D eigenvalue weighted by atomic mass is 9.91. The van der Waals surface area contributed by atoms with Crippen LogP contribution in [0.3, 0.4) is 0 Å². The molecular formula is C18H25NO5. The molecule has 24 heavy (non-hydrogen) atoms. The van der Waals surface area contributed by atoms with Gasteiger partial charge in [0.2, 0.25) is 0 Å². The maximum Gasteiger partial charge on any atom is 0.412 e. The monoisotopic (exact) mass is 335 g/mol. The van der Waals surface area contributed by atoms with E-state index in [1.54, 1.807) is 53.7 Å². The van der Waals surface area contributed by atoms with E-state index in [0.29, 0.717) is 11.3 Å². The molecule has 0 saturated heterocycles. The third kappa shape index (κ3) is 6.81. The predicted molar refractivity (Wildman–Crippen MR) is 91.0 cm³/mol. The Hall–Kier alpha value is -2.37. The van der Waals surface area contributed by atoms with Gasteiger partial charge in [-0.2, -0.15) is 0 Å². The van der Waals surface area contributed by atoms with Crippen LogP contribution in [0.1, 0.15) is 51.9 Å². The molecule has 0 fully saturated rings. The molecule has 0 bridgehead atoms. The van der Waals surface area contributed by atoms with Crippen LogP contribution in [-0.4, -0.2) is 30.1 Å². The SMILES string of the molecule is CC(C)(C)OC(=O)Nc1ccc(C(=O)OCC(=O)C(C)(C)C)cc1. The van der Waals surface area contributed by atoms with Gasteiger partial charge in [-0.3, -0.25) is 10.1 Å². The molecule has 0 unspecified atom stereocenters. The van der Waals surface area contributed by atoms with Crippen molar-refractivity contribution in [1.82, 2.24) is 0 Å². The molecule has 1 aromatic rings. The zero-order chi connectivity index (χ0) is 18.5. The summed E-state index contributed by atoms with van der Waals surface area (Å²) >= 11 is 0. The van der Waals surface area contributed by atoms with Crippen LogP contribution in [-0.2, 0) is 14.3 Å². The van der Waals surface area contributed by atoms with Crippen molar-refractivity contribution in [2.24, 2.45) is 5.41 Å². The van der Waals surface area contributed by atoms with Gasteiger partial charge in [0.15, 0.2) is 12.4 Å². The number of ketones is 1. The normalized spacial score (nSPS) is 11.6. The first kappa shape index (κ1) is 19.7. The molecular weight excluding hydrogens is 310 g/mol. The molecule has 0 heterocycles. The Labute approximate surface area is 142 Å². The highest BCUT2D eigenvalue weighted by Gasteiger charge is 2.22. The van der Waals surface area contributed by atoms with E-state index in [2.05, 4.69) is 5.32 Å². The molecule has 0 aliphatic rings. The Morgan fingerprint density at radius 1 is 0.958 bits per heavy atom. The number of carbonyl (C=O) groups excluding carboxylic acids is 3. The van der Waals surface area contributed by atoms with E-state index in [9.17, 15) is 14.4 Å². The smallest absolute Gasteiger partial charge is 0.412 e. The van der Waals surface area contributed by atoms with Crippen LogP contribution in [0.25, 0.3) is 0 Å². The number of hydrogen-bond donors (Lipinski definition) is 1. The Morgan fingerprint density at radius 3 is 1.96 bits per heavy atom. The molecule has 0 atom stereocenters. The molecule has 0 radical (unpaired) electrons. The summed E-state index contributed by atoms with van der Waals surface area (Å²) in [5.41, 5.74) is -0.354. The van der Waals surface area contributed by atoms with E-state index < -0.39 is 23.1 Å². The first-order chi connectivity index (χ1) is 10.9. The lowest BCUT2D eigenvalue weighted by molar-refractivity contribution is -0.129. The minimum atomic E-state index is -0.590. The summed E-state index contributed by atoms with van der Waals surface area (Å²) in [4.78, 5) is 35.3. The van der Waals surface area contributed by atoms with Crippen molar-refractivity contribution in [2.75, 3.05) is 11.9 Å². The van der Waals surface area contributed by atoms with Gasteiger partial charge in [0.05, 0.1) is 5.56 Å². The van der Waals surface area contributed by atoms with Crippen molar-refractivity contribution >= 4 is 23.5 Å². The van der Waals surface area contributed by atoms with Gasteiger partial charge >= 0.3 is 12.1 Å². The van der Waals surface area contributed by atoms with Crippen LogP contribution in [0.5, 0.6) is 0 Å². The number of carbonyl (C=O) groups is 3. The molecule has 1 N–H and O–H groups in total. The van der Waals surface area contributed by atoms with Crippen molar-refractivity contribution in [1.29, 1.82) is 0 Å². The Balaban J connectivity index is 2.59. The molecule has 132 valence electrons. The number of Topliss-reactive ketones (excluding diaryl/α,β-unsaturated/α-hetero) is 1.